The van der Waals surface area contributed by atoms with Crippen LogP contribution in [0.2, 0.25) is 5.02 Å². The Balaban J connectivity index is 2.24. The van der Waals surface area contributed by atoms with E-state index in [9.17, 15) is 4.79 Å². The number of nitrogens with two attached hydrogens (primary N) is 1. The number of carbonyl (C=O) groups is 1. The van der Waals surface area contributed by atoms with E-state index in [2.05, 4.69) is 4.98 Å². The van der Waals surface area contributed by atoms with Gasteiger partial charge in [0.25, 0.3) is 5.91 Å². The highest BCUT2D eigenvalue weighted by Crippen LogP contribution is 2.28. The number of imidazole rings is 1. The van der Waals surface area contributed by atoms with Gasteiger partial charge in [0.15, 0.2) is 0 Å². The predicted molar refractivity (Wildman–Crippen MR) is 98.4 cm³/mol. The monoisotopic (exact) mass is 361 g/mol. The van der Waals surface area contributed by atoms with Crippen LogP contribution in [-0.2, 0) is 12.8 Å². The van der Waals surface area contributed by atoms with E-state index in [1.807, 2.05) is 41.8 Å². The third-order valence-electron chi connectivity index (χ3n) is 3.95. The summed E-state index contributed by atoms with van der Waals surface area (Å²) in [5.41, 5.74) is 9.31. The third kappa shape index (κ3) is 2.99. The Morgan fingerprint density at radius 1 is 1.25 bits per heavy atom. The number of rotatable bonds is 5. The lowest BCUT2D eigenvalue weighted by Crippen LogP contribution is -2.11. The molecule has 1 heterocycles. The standard InChI is InChI=1S/C18H17Cl2N3O/c1-2-16-22-17-14(18(21)24)9-12(20)10-15(17)23(16)13-5-3-11(4-6-13)7-8-19/h3-6,9-10H,2,7-8H2,1H3,(H2,21,24). The van der Waals surface area contributed by atoms with Crippen LogP contribution >= 0.6 is 23.2 Å². The summed E-state index contributed by atoms with van der Waals surface area (Å²) in [4.78, 5) is 16.3. The van der Waals surface area contributed by atoms with Crippen LogP contribution in [0.15, 0.2) is 36.4 Å². The van der Waals surface area contributed by atoms with Crippen molar-refractivity contribution in [2.45, 2.75) is 19.8 Å². The second-order valence-electron chi connectivity index (χ2n) is 5.51. The molecule has 0 atom stereocenters. The van der Waals surface area contributed by atoms with Crippen LogP contribution in [0.1, 0.15) is 28.7 Å². The molecule has 0 saturated heterocycles. The summed E-state index contributed by atoms with van der Waals surface area (Å²) in [6.45, 7) is 2.02. The van der Waals surface area contributed by atoms with Crippen molar-refractivity contribution >= 4 is 40.1 Å². The van der Waals surface area contributed by atoms with Crippen molar-refractivity contribution < 1.29 is 4.79 Å². The van der Waals surface area contributed by atoms with Crippen molar-refractivity contribution in [2.24, 2.45) is 5.73 Å². The Morgan fingerprint density at radius 2 is 1.96 bits per heavy atom. The zero-order valence-corrected chi connectivity index (χ0v) is 14.7. The van der Waals surface area contributed by atoms with Crippen LogP contribution in [0.3, 0.4) is 0 Å². The number of amides is 1. The third-order valence-corrected chi connectivity index (χ3v) is 4.36. The van der Waals surface area contributed by atoms with Gasteiger partial charge in [0.05, 0.1) is 11.1 Å². The quantitative estimate of drug-likeness (QED) is 0.694. The molecule has 0 aliphatic carbocycles. The van der Waals surface area contributed by atoms with Crippen molar-refractivity contribution in [3.05, 3.63) is 58.4 Å². The number of hydrogen-bond acceptors (Lipinski definition) is 2. The largest absolute Gasteiger partial charge is 0.366 e. The number of alkyl halides is 1. The van der Waals surface area contributed by atoms with E-state index in [4.69, 9.17) is 28.9 Å². The van der Waals surface area contributed by atoms with Crippen molar-refractivity contribution in [3.8, 4) is 5.69 Å². The van der Waals surface area contributed by atoms with Gasteiger partial charge >= 0.3 is 0 Å². The van der Waals surface area contributed by atoms with E-state index in [-0.39, 0.29) is 0 Å². The van der Waals surface area contributed by atoms with Crippen LogP contribution in [0.25, 0.3) is 16.7 Å². The van der Waals surface area contributed by atoms with Gasteiger partial charge in [0.2, 0.25) is 0 Å². The summed E-state index contributed by atoms with van der Waals surface area (Å²) in [6.07, 6.45) is 1.54. The molecule has 3 rings (SSSR count). The summed E-state index contributed by atoms with van der Waals surface area (Å²) < 4.78 is 2.01. The Morgan fingerprint density at radius 3 is 2.54 bits per heavy atom. The molecule has 1 aromatic heterocycles. The van der Waals surface area contributed by atoms with Crippen LogP contribution < -0.4 is 5.73 Å². The fraction of sp³-hybridized carbons (Fsp3) is 0.222. The zero-order chi connectivity index (χ0) is 17.3. The molecule has 0 radical (unpaired) electrons. The number of aryl methyl sites for hydroxylation is 2. The summed E-state index contributed by atoms with van der Waals surface area (Å²) in [6, 6.07) is 11.5. The lowest BCUT2D eigenvalue weighted by atomic mass is 10.1. The maximum atomic E-state index is 11.7. The zero-order valence-electron chi connectivity index (χ0n) is 13.2. The second kappa shape index (κ2) is 6.83. The molecule has 0 aliphatic rings. The summed E-state index contributed by atoms with van der Waals surface area (Å²) in [7, 11) is 0. The number of nitrogens with zero attached hydrogens (tertiary/aromatic N) is 2. The highest BCUT2D eigenvalue weighted by atomic mass is 35.5. The average Bonchev–Trinajstić information content (AvgIpc) is 2.93. The topological polar surface area (TPSA) is 60.9 Å². The minimum absolute atomic E-state index is 0.338. The second-order valence-corrected chi connectivity index (χ2v) is 6.32. The molecule has 4 nitrogen and oxygen atoms in total. The van der Waals surface area contributed by atoms with Gasteiger partial charge in [-0.15, -0.1) is 11.6 Å². The minimum atomic E-state index is -0.535. The Hall–Kier alpha value is -2.04. The van der Waals surface area contributed by atoms with Crippen LogP contribution in [0.5, 0.6) is 0 Å². The van der Waals surface area contributed by atoms with Crippen molar-refractivity contribution in [3.63, 3.8) is 0 Å². The van der Waals surface area contributed by atoms with E-state index in [0.717, 1.165) is 23.4 Å². The van der Waals surface area contributed by atoms with Gasteiger partial charge in [-0.1, -0.05) is 30.7 Å². The summed E-state index contributed by atoms with van der Waals surface area (Å²) in [5.74, 6) is 0.901. The van der Waals surface area contributed by atoms with E-state index in [0.29, 0.717) is 28.4 Å². The number of hydrogen-bond donors (Lipinski definition) is 1. The summed E-state index contributed by atoms with van der Waals surface area (Å²) in [5, 5.41) is 0.457. The lowest BCUT2D eigenvalue weighted by molar-refractivity contribution is 0.100. The van der Waals surface area contributed by atoms with Gasteiger partial charge in [-0.25, -0.2) is 4.98 Å². The highest BCUT2D eigenvalue weighted by molar-refractivity contribution is 6.32. The van der Waals surface area contributed by atoms with Gasteiger partial charge in [-0.05, 0) is 36.2 Å². The Kier molecular flexibility index (Phi) is 4.78. The SMILES string of the molecule is CCc1nc2c(C(N)=O)cc(Cl)cc2n1-c1ccc(CCCl)cc1. The number of aromatic nitrogens is 2. The van der Waals surface area contributed by atoms with Gasteiger partial charge in [0.1, 0.15) is 11.3 Å². The Labute approximate surface area is 150 Å². The molecule has 24 heavy (non-hydrogen) atoms. The van der Waals surface area contributed by atoms with Crippen LogP contribution in [0, 0.1) is 0 Å². The molecule has 3 aromatic rings. The van der Waals surface area contributed by atoms with Crippen molar-refractivity contribution in [1.29, 1.82) is 0 Å². The molecule has 0 unspecified atom stereocenters. The Bertz CT molecular complexity index is 901. The van der Waals surface area contributed by atoms with Crippen molar-refractivity contribution in [2.75, 3.05) is 5.88 Å². The van der Waals surface area contributed by atoms with E-state index < -0.39 is 5.91 Å². The number of halogens is 2. The fourth-order valence-electron chi connectivity index (χ4n) is 2.82. The maximum Gasteiger partial charge on any atom is 0.251 e. The maximum absolute atomic E-state index is 11.7. The van der Waals surface area contributed by atoms with Crippen LogP contribution in [0.4, 0.5) is 0 Å². The molecule has 124 valence electrons. The molecule has 6 heteroatoms. The minimum Gasteiger partial charge on any atom is -0.366 e. The number of fused-ring (bicyclic) bond motifs is 1. The molecule has 1 amide bonds. The average molecular weight is 362 g/mol. The molecule has 0 saturated carbocycles. The number of carbonyl (C=O) groups excluding carboxylic acids is 1. The fourth-order valence-corrected chi connectivity index (χ4v) is 3.26. The summed E-state index contributed by atoms with van der Waals surface area (Å²) >= 11 is 12.0. The molecule has 0 aliphatic heterocycles. The van der Waals surface area contributed by atoms with E-state index >= 15 is 0 Å². The highest BCUT2D eigenvalue weighted by Gasteiger charge is 2.17. The molecule has 0 spiro atoms. The number of benzene rings is 2. The first-order chi connectivity index (χ1) is 11.5. The number of primary amides is 1. The van der Waals surface area contributed by atoms with Crippen molar-refractivity contribution in [1.82, 2.24) is 9.55 Å². The van der Waals surface area contributed by atoms with Gasteiger partial charge in [0, 0.05) is 23.0 Å². The predicted octanol–water partition coefficient (Wildman–Crippen LogP) is 4.12. The molecule has 0 bridgehead atoms. The van der Waals surface area contributed by atoms with Gasteiger partial charge in [-0.3, -0.25) is 9.36 Å². The molecular weight excluding hydrogens is 345 g/mol. The van der Waals surface area contributed by atoms with Gasteiger partial charge in [-0.2, -0.15) is 0 Å². The lowest BCUT2D eigenvalue weighted by Gasteiger charge is -2.10. The van der Waals surface area contributed by atoms with E-state index in [1.165, 1.54) is 5.56 Å². The molecule has 2 N–H and O–H groups in total. The van der Waals surface area contributed by atoms with Crippen LogP contribution in [-0.4, -0.2) is 21.3 Å². The molecule has 0 fully saturated rings. The molecular formula is C18H17Cl2N3O. The first-order valence-electron chi connectivity index (χ1n) is 7.71. The van der Waals surface area contributed by atoms with E-state index in [1.54, 1.807) is 6.07 Å². The molecule has 2 aromatic carbocycles. The first kappa shape index (κ1) is 16.8. The normalized spacial score (nSPS) is 11.1. The van der Waals surface area contributed by atoms with Gasteiger partial charge < -0.3 is 5.73 Å². The smallest absolute Gasteiger partial charge is 0.251 e. The first-order valence-corrected chi connectivity index (χ1v) is 8.62.